The monoisotopic (exact) mass is 270 g/mol. The average molecular weight is 270 g/mol. The molecule has 102 valence electrons. The summed E-state index contributed by atoms with van der Waals surface area (Å²) >= 11 is 0. The van der Waals surface area contributed by atoms with Gasteiger partial charge in [-0.05, 0) is 31.2 Å². The van der Waals surface area contributed by atoms with E-state index in [1.165, 1.54) is 0 Å². The van der Waals surface area contributed by atoms with Gasteiger partial charge in [0.25, 0.3) is 5.91 Å². The van der Waals surface area contributed by atoms with Gasteiger partial charge >= 0.3 is 0 Å². The average Bonchev–Trinajstić information content (AvgIpc) is 2.89. The number of rotatable bonds is 3. The molecule has 1 aromatic heterocycles. The molecule has 0 aliphatic carbocycles. The highest BCUT2D eigenvalue weighted by molar-refractivity contribution is 5.94. The van der Waals surface area contributed by atoms with Crippen molar-refractivity contribution in [1.82, 2.24) is 10.3 Å². The highest BCUT2D eigenvalue weighted by atomic mass is 16.4. The molecule has 2 N–H and O–H groups in total. The van der Waals surface area contributed by atoms with Crippen LogP contribution in [0, 0.1) is 18.8 Å². The van der Waals surface area contributed by atoms with Crippen molar-refractivity contribution in [3.63, 3.8) is 0 Å². The number of aromatic nitrogens is 1. The van der Waals surface area contributed by atoms with Crippen molar-refractivity contribution < 1.29 is 14.3 Å². The zero-order chi connectivity index (χ0) is 14.4. The Hall–Kier alpha value is -2.58. The molecule has 0 unspecified atom stereocenters. The number of hydrogen-bond acceptors (Lipinski definition) is 4. The zero-order valence-corrected chi connectivity index (χ0v) is 11.0. The summed E-state index contributed by atoms with van der Waals surface area (Å²) in [6, 6.07) is 6.81. The molecule has 1 amide bonds. The van der Waals surface area contributed by atoms with Crippen molar-refractivity contribution >= 4 is 5.91 Å². The van der Waals surface area contributed by atoms with Crippen LogP contribution in [0.2, 0.25) is 0 Å². The summed E-state index contributed by atoms with van der Waals surface area (Å²) in [4.78, 5) is 15.9. The number of nitrogens with one attached hydrogen (secondary N) is 1. The number of aryl methyl sites for hydroxylation is 1. The van der Waals surface area contributed by atoms with Gasteiger partial charge in [-0.15, -0.1) is 0 Å². The molecule has 1 aromatic carbocycles. The van der Waals surface area contributed by atoms with E-state index in [4.69, 9.17) is 9.52 Å². The van der Waals surface area contributed by atoms with Crippen LogP contribution in [-0.4, -0.2) is 22.6 Å². The van der Waals surface area contributed by atoms with Gasteiger partial charge < -0.3 is 14.8 Å². The summed E-state index contributed by atoms with van der Waals surface area (Å²) in [6.07, 6.45) is 1.61. The van der Waals surface area contributed by atoms with Crippen LogP contribution in [0.3, 0.4) is 0 Å². The molecular formula is C15H14N2O3. The minimum Gasteiger partial charge on any atom is -0.444 e. The molecule has 0 bridgehead atoms. The first-order valence-corrected chi connectivity index (χ1v) is 6.08. The molecule has 5 nitrogen and oxygen atoms in total. The predicted molar refractivity (Wildman–Crippen MR) is 72.8 cm³/mol. The number of carbonyl (C=O) groups excluding carboxylic acids is 1. The van der Waals surface area contributed by atoms with E-state index in [0.29, 0.717) is 17.2 Å². The summed E-state index contributed by atoms with van der Waals surface area (Å²) < 4.78 is 5.27. The Bertz CT molecular complexity index is 648. The fraction of sp³-hybridized carbons (Fsp3) is 0.200. The van der Waals surface area contributed by atoms with Gasteiger partial charge in [0, 0.05) is 11.1 Å². The fourth-order valence-electron chi connectivity index (χ4n) is 1.59. The number of aliphatic hydroxyl groups excluding tert-OH is 1. The smallest absolute Gasteiger partial charge is 0.251 e. The number of benzene rings is 1. The van der Waals surface area contributed by atoms with Gasteiger partial charge in [0.1, 0.15) is 12.4 Å². The predicted octanol–water partition coefficient (Wildman–Crippen LogP) is 1.26. The Morgan fingerprint density at radius 3 is 2.75 bits per heavy atom. The van der Waals surface area contributed by atoms with Gasteiger partial charge in [0.2, 0.25) is 5.89 Å². The van der Waals surface area contributed by atoms with Crippen LogP contribution in [0.25, 0.3) is 0 Å². The van der Waals surface area contributed by atoms with E-state index in [2.05, 4.69) is 22.1 Å². The fourth-order valence-corrected chi connectivity index (χ4v) is 1.59. The molecule has 0 aliphatic rings. The van der Waals surface area contributed by atoms with Crippen LogP contribution >= 0.6 is 0 Å². The molecule has 0 radical (unpaired) electrons. The van der Waals surface area contributed by atoms with Gasteiger partial charge in [0.15, 0.2) is 0 Å². The first-order valence-electron chi connectivity index (χ1n) is 6.08. The molecule has 2 aromatic rings. The first kappa shape index (κ1) is 13.8. The summed E-state index contributed by atoms with van der Waals surface area (Å²) in [5, 5.41) is 11.3. The van der Waals surface area contributed by atoms with Crippen molar-refractivity contribution in [2.75, 3.05) is 6.61 Å². The number of amides is 1. The Balaban J connectivity index is 1.95. The van der Waals surface area contributed by atoms with Crippen molar-refractivity contribution in [2.45, 2.75) is 13.5 Å². The molecule has 5 heteroatoms. The largest absolute Gasteiger partial charge is 0.444 e. The zero-order valence-electron chi connectivity index (χ0n) is 11.0. The Morgan fingerprint density at radius 2 is 2.15 bits per heavy atom. The van der Waals surface area contributed by atoms with Crippen molar-refractivity contribution in [3.8, 4) is 11.8 Å². The minimum atomic E-state index is -0.206. The van der Waals surface area contributed by atoms with Gasteiger partial charge in [-0.1, -0.05) is 11.8 Å². The lowest BCUT2D eigenvalue weighted by Gasteiger charge is -2.02. The van der Waals surface area contributed by atoms with Crippen molar-refractivity contribution in [2.24, 2.45) is 0 Å². The number of aliphatic hydroxyl groups is 1. The van der Waals surface area contributed by atoms with E-state index < -0.39 is 0 Å². The third-order valence-electron chi connectivity index (χ3n) is 2.53. The molecule has 0 aliphatic heterocycles. The molecule has 0 fully saturated rings. The van der Waals surface area contributed by atoms with Gasteiger partial charge in [-0.25, -0.2) is 4.98 Å². The number of nitrogens with zero attached hydrogens (tertiary/aromatic N) is 1. The highest BCUT2D eigenvalue weighted by Gasteiger charge is 2.07. The summed E-state index contributed by atoms with van der Waals surface area (Å²) in [5.74, 6) is 6.29. The topological polar surface area (TPSA) is 75.4 Å². The highest BCUT2D eigenvalue weighted by Crippen LogP contribution is 2.05. The van der Waals surface area contributed by atoms with Crippen LogP contribution < -0.4 is 5.32 Å². The van der Waals surface area contributed by atoms with E-state index >= 15 is 0 Å². The van der Waals surface area contributed by atoms with Crippen LogP contribution in [0.1, 0.15) is 27.6 Å². The Morgan fingerprint density at radius 1 is 1.40 bits per heavy atom. The third-order valence-corrected chi connectivity index (χ3v) is 2.53. The lowest BCUT2D eigenvalue weighted by Crippen LogP contribution is -2.22. The molecule has 0 atom stereocenters. The number of hydrogen-bond donors (Lipinski definition) is 2. The van der Waals surface area contributed by atoms with Crippen LogP contribution in [-0.2, 0) is 6.54 Å². The Kier molecular flexibility index (Phi) is 4.53. The Labute approximate surface area is 116 Å². The number of carbonyl (C=O) groups is 1. The standard InChI is InChI=1S/C15H14N2O3/c1-11-9-16-14(20-11)10-17-15(19)13-6-4-12(5-7-13)3-2-8-18/h4-7,9,18H,8,10H2,1H3,(H,17,19). The van der Waals surface area contributed by atoms with Crippen molar-refractivity contribution in [1.29, 1.82) is 0 Å². The molecule has 0 saturated heterocycles. The van der Waals surface area contributed by atoms with Gasteiger partial charge in [-0.3, -0.25) is 4.79 Å². The van der Waals surface area contributed by atoms with Crippen LogP contribution in [0.15, 0.2) is 34.9 Å². The van der Waals surface area contributed by atoms with Crippen LogP contribution in [0.5, 0.6) is 0 Å². The molecule has 0 saturated carbocycles. The van der Waals surface area contributed by atoms with Gasteiger partial charge in [0.05, 0.1) is 12.7 Å². The maximum absolute atomic E-state index is 11.9. The second kappa shape index (κ2) is 6.55. The van der Waals surface area contributed by atoms with Crippen molar-refractivity contribution in [3.05, 3.63) is 53.2 Å². The number of oxazole rings is 1. The van der Waals surface area contributed by atoms with E-state index in [-0.39, 0.29) is 19.1 Å². The lowest BCUT2D eigenvalue weighted by atomic mass is 10.1. The maximum Gasteiger partial charge on any atom is 0.251 e. The summed E-state index contributed by atoms with van der Waals surface area (Å²) in [5.41, 5.74) is 1.28. The normalized spacial score (nSPS) is 9.70. The van der Waals surface area contributed by atoms with Gasteiger partial charge in [-0.2, -0.15) is 0 Å². The maximum atomic E-state index is 11.9. The second-order valence-electron chi connectivity index (χ2n) is 4.08. The third kappa shape index (κ3) is 3.70. The molecule has 2 rings (SSSR count). The minimum absolute atomic E-state index is 0.183. The van der Waals surface area contributed by atoms with E-state index in [9.17, 15) is 4.79 Å². The molecular weight excluding hydrogens is 256 g/mol. The second-order valence-corrected chi connectivity index (χ2v) is 4.08. The first-order chi connectivity index (χ1) is 9.69. The lowest BCUT2D eigenvalue weighted by molar-refractivity contribution is 0.0947. The molecule has 1 heterocycles. The molecule has 20 heavy (non-hydrogen) atoms. The summed E-state index contributed by atoms with van der Waals surface area (Å²) in [7, 11) is 0. The molecule has 0 spiro atoms. The quantitative estimate of drug-likeness (QED) is 0.823. The SMILES string of the molecule is Cc1cnc(CNC(=O)c2ccc(C#CCO)cc2)o1. The van der Waals surface area contributed by atoms with Crippen LogP contribution in [0.4, 0.5) is 0 Å². The van der Waals surface area contributed by atoms with E-state index in [0.717, 1.165) is 5.56 Å². The van der Waals surface area contributed by atoms with E-state index in [1.807, 2.05) is 0 Å². The van der Waals surface area contributed by atoms with E-state index in [1.54, 1.807) is 37.4 Å². The summed E-state index contributed by atoms with van der Waals surface area (Å²) in [6.45, 7) is 1.86.